The van der Waals surface area contributed by atoms with Crippen LogP contribution in [0.5, 0.6) is 5.75 Å². The molecule has 0 fully saturated rings. The van der Waals surface area contributed by atoms with E-state index in [2.05, 4.69) is 10.6 Å². The van der Waals surface area contributed by atoms with Crippen LogP contribution in [0.2, 0.25) is 0 Å². The SMILES string of the molecule is O=C(Cc1ccc2c(c1)CNC2)NC1Cc2cccc(C(=O)O)c2OB1O. The molecular formula is C19H19BN2O5. The van der Waals surface area contributed by atoms with Crippen LogP contribution in [0, 0.1) is 0 Å². The van der Waals surface area contributed by atoms with Crippen LogP contribution in [-0.2, 0) is 30.7 Å². The summed E-state index contributed by atoms with van der Waals surface area (Å²) < 4.78 is 5.40. The van der Waals surface area contributed by atoms with Crippen molar-refractivity contribution in [2.45, 2.75) is 31.9 Å². The highest BCUT2D eigenvalue weighted by atomic mass is 16.5. The van der Waals surface area contributed by atoms with Crippen molar-refractivity contribution in [1.82, 2.24) is 10.6 Å². The molecule has 0 saturated carbocycles. The zero-order valence-electron chi connectivity index (χ0n) is 14.6. The molecule has 2 heterocycles. The third-order valence-corrected chi connectivity index (χ3v) is 4.96. The van der Waals surface area contributed by atoms with E-state index in [0.717, 1.165) is 18.7 Å². The number of nitrogens with one attached hydrogen (secondary N) is 2. The van der Waals surface area contributed by atoms with Gasteiger partial charge in [0.05, 0.1) is 17.9 Å². The summed E-state index contributed by atoms with van der Waals surface area (Å²) in [5.74, 6) is -1.81. The van der Waals surface area contributed by atoms with Crippen LogP contribution >= 0.6 is 0 Å². The molecule has 2 aromatic rings. The molecule has 1 atom stereocenters. The largest absolute Gasteiger partial charge is 0.547 e. The van der Waals surface area contributed by atoms with Crippen molar-refractivity contribution in [3.63, 3.8) is 0 Å². The van der Waals surface area contributed by atoms with E-state index in [1.54, 1.807) is 12.1 Å². The minimum Gasteiger partial charge on any atom is -0.534 e. The predicted molar refractivity (Wildman–Crippen MR) is 98.3 cm³/mol. The number of carboxylic acid groups (broad SMARTS) is 1. The first-order valence-corrected chi connectivity index (χ1v) is 8.82. The van der Waals surface area contributed by atoms with Crippen molar-refractivity contribution in [2.75, 3.05) is 0 Å². The Morgan fingerprint density at radius 1 is 1.19 bits per heavy atom. The van der Waals surface area contributed by atoms with E-state index in [9.17, 15) is 19.7 Å². The van der Waals surface area contributed by atoms with Gasteiger partial charge in [-0.3, -0.25) is 4.79 Å². The molecule has 0 radical (unpaired) electrons. The second-order valence-electron chi connectivity index (χ2n) is 6.87. The lowest BCUT2D eigenvalue weighted by Gasteiger charge is -2.28. The van der Waals surface area contributed by atoms with Crippen molar-refractivity contribution in [1.29, 1.82) is 0 Å². The number of benzene rings is 2. The van der Waals surface area contributed by atoms with Crippen molar-refractivity contribution < 1.29 is 24.4 Å². The standard InChI is InChI=1S/C19H19BN2O5/c23-17(7-11-4-5-13-9-21-10-14(13)6-11)22-16-8-12-2-1-3-15(19(24)25)18(12)27-20(16)26/h1-6,16,21,26H,7-10H2,(H,22,23)(H,24,25). The lowest BCUT2D eigenvalue weighted by Crippen LogP contribution is -2.53. The number of amides is 1. The fourth-order valence-corrected chi connectivity index (χ4v) is 3.62. The van der Waals surface area contributed by atoms with Crippen LogP contribution in [0.4, 0.5) is 0 Å². The van der Waals surface area contributed by atoms with Crippen molar-refractivity contribution in [2.24, 2.45) is 0 Å². The first-order chi connectivity index (χ1) is 13.0. The molecule has 4 N–H and O–H groups in total. The predicted octanol–water partition coefficient (Wildman–Crippen LogP) is 0.670. The Labute approximate surface area is 156 Å². The lowest BCUT2D eigenvalue weighted by molar-refractivity contribution is -0.120. The van der Waals surface area contributed by atoms with Gasteiger partial charge >= 0.3 is 13.1 Å². The molecule has 1 amide bonds. The molecule has 0 saturated heterocycles. The average molecular weight is 366 g/mol. The summed E-state index contributed by atoms with van der Waals surface area (Å²) in [5.41, 5.74) is 4.02. The molecule has 0 aromatic heterocycles. The molecule has 1 unspecified atom stereocenters. The molecule has 7 nitrogen and oxygen atoms in total. The maximum atomic E-state index is 12.4. The molecule has 0 bridgehead atoms. The highest BCUT2D eigenvalue weighted by molar-refractivity contribution is 6.47. The van der Waals surface area contributed by atoms with E-state index >= 15 is 0 Å². The first kappa shape index (κ1) is 17.6. The molecule has 4 rings (SSSR count). The summed E-state index contributed by atoms with van der Waals surface area (Å²) in [4.78, 5) is 23.7. The second-order valence-corrected chi connectivity index (χ2v) is 6.87. The third-order valence-electron chi connectivity index (χ3n) is 4.96. The molecule has 138 valence electrons. The van der Waals surface area contributed by atoms with E-state index in [4.69, 9.17) is 4.65 Å². The Kier molecular flexibility index (Phi) is 4.59. The number of fused-ring (bicyclic) bond motifs is 2. The Balaban J connectivity index is 1.44. The van der Waals surface area contributed by atoms with Crippen molar-refractivity contribution in [3.05, 3.63) is 64.2 Å². The van der Waals surface area contributed by atoms with E-state index in [-0.39, 0.29) is 23.6 Å². The molecule has 2 aliphatic heterocycles. The molecule has 0 spiro atoms. The van der Waals surface area contributed by atoms with Crippen molar-refractivity contribution >= 4 is 19.0 Å². The number of para-hydroxylation sites is 1. The monoisotopic (exact) mass is 366 g/mol. The maximum Gasteiger partial charge on any atom is 0.547 e. The normalized spacial score (nSPS) is 17.7. The fraction of sp³-hybridized carbons (Fsp3) is 0.263. The minimum atomic E-state index is -1.30. The minimum absolute atomic E-state index is 0.00285. The smallest absolute Gasteiger partial charge is 0.534 e. The molecule has 8 heteroatoms. The van der Waals surface area contributed by atoms with Gasteiger partial charge in [0.2, 0.25) is 5.91 Å². The summed E-state index contributed by atoms with van der Waals surface area (Å²) in [5, 5.41) is 25.5. The highest BCUT2D eigenvalue weighted by Crippen LogP contribution is 2.30. The van der Waals surface area contributed by atoms with Crippen LogP contribution in [-0.4, -0.2) is 35.1 Å². The number of aromatic carboxylic acids is 1. The highest BCUT2D eigenvalue weighted by Gasteiger charge is 2.37. The van der Waals surface area contributed by atoms with Gasteiger partial charge in [0, 0.05) is 13.1 Å². The summed E-state index contributed by atoms with van der Waals surface area (Å²) in [6.07, 6.45) is 0.510. The van der Waals surface area contributed by atoms with Gasteiger partial charge < -0.3 is 25.4 Å². The van der Waals surface area contributed by atoms with E-state index < -0.39 is 19.0 Å². The first-order valence-electron chi connectivity index (χ1n) is 8.82. The number of carbonyl (C=O) groups excluding carboxylic acids is 1. The van der Waals surface area contributed by atoms with Crippen LogP contribution in [0.15, 0.2) is 36.4 Å². The van der Waals surface area contributed by atoms with Crippen LogP contribution < -0.4 is 15.3 Å². The number of hydrogen-bond donors (Lipinski definition) is 4. The topological polar surface area (TPSA) is 108 Å². The van der Waals surface area contributed by atoms with Crippen molar-refractivity contribution in [3.8, 4) is 5.75 Å². The Bertz CT molecular complexity index is 917. The lowest BCUT2D eigenvalue weighted by atomic mass is 9.72. The zero-order valence-corrected chi connectivity index (χ0v) is 14.6. The van der Waals surface area contributed by atoms with E-state index in [0.29, 0.717) is 12.0 Å². The van der Waals surface area contributed by atoms with Gasteiger partial charge in [0.25, 0.3) is 0 Å². The summed E-state index contributed by atoms with van der Waals surface area (Å²) in [7, 11) is -1.30. The molecule has 0 aliphatic carbocycles. The molecular weight excluding hydrogens is 347 g/mol. The van der Waals surface area contributed by atoms with Gasteiger partial charge in [0.1, 0.15) is 5.75 Å². The second kappa shape index (κ2) is 7.05. The van der Waals surface area contributed by atoms with Gasteiger partial charge in [0.15, 0.2) is 0 Å². The van der Waals surface area contributed by atoms with Gasteiger partial charge in [-0.25, -0.2) is 4.79 Å². The summed E-state index contributed by atoms with van der Waals surface area (Å²) >= 11 is 0. The zero-order chi connectivity index (χ0) is 19.0. The van der Waals surface area contributed by atoms with Gasteiger partial charge in [-0.05, 0) is 34.7 Å². The van der Waals surface area contributed by atoms with Gasteiger partial charge in [-0.1, -0.05) is 30.3 Å². The van der Waals surface area contributed by atoms with E-state index in [1.807, 2.05) is 18.2 Å². The van der Waals surface area contributed by atoms with Crippen LogP contribution in [0.1, 0.15) is 32.6 Å². The third kappa shape index (κ3) is 3.54. The summed E-state index contributed by atoms with van der Waals surface area (Å²) in [6, 6.07) is 10.8. The fourth-order valence-electron chi connectivity index (χ4n) is 3.62. The summed E-state index contributed by atoms with van der Waals surface area (Å²) in [6.45, 7) is 1.66. The van der Waals surface area contributed by atoms with Crippen LogP contribution in [0.3, 0.4) is 0 Å². The Morgan fingerprint density at radius 2 is 2.00 bits per heavy atom. The Hall–Kier alpha value is -2.84. The number of hydrogen-bond acceptors (Lipinski definition) is 5. The maximum absolute atomic E-state index is 12.4. The molecule has 27 heavy (non-hydrogen) atoms. The number of carboxylic acids is 1. The Morgan fingerprint density at radius 3 is 2.81 bits per heavy atom. The van der Waals surface area contributed by atoms with E-state index in [1.165, 1.54) is 17.2 Å². The van der Waals surface area contributed by atoms with Crippen LogP contribution in [0.25, 0.3) is 0 Å². The average Bonchev–Trinajstić information content (AvgIpc) is 3.09. The molecule has 2 aromatic carbocycles. The number of rotatable bonds is 4. The number of carbonyl (C=O) groups is 2. The molecule has 2 aliphatic rings. The quantitative estimate of drug-likeness (QED) is 0.593. The van der Waals surface area contributed by atoms with Gasteiger partial charge in [-0.15, -0.1) is 0 Å². The van der Waals surface area contributed by atoms with Gasteiger partial charge in [-0.2, -0.15) is 0 Å².